The van der Waals surface area contributed by atoms with Gasteiger partial charge in [-0.15, -0.1) is 0 Å². The number of nitrogens with zero attached hydrogens (tertiary/aromatic N) is 4. The summed E-state index contributed by atoms with van der Waals surface area (Å²) in [6.07, 6.45) is 3.48. The van der Waals surface area contributed by atoms with E-state index in [1.807, 2.05) is 24.3 Å². The summed E-state index contributed by atoms with van der Waals surface area (Å²) >= 11 is 0. The van der Waals surface area contributed by atoms with Gasteiger partial charge in [-0.3, -0.25) is 0 Å². The standard InChI is InChI=1S/C23H26N4O3S/c1-26(21-5-6-21)22-7-9-23(10-8-22)31(28,29)27-13-11-20(12-14-27)25-30-17-19-4-2-3-18(15-19)16-24/h2-4,7-10,15,21H,5-6,11-14,17H2,1H3. The van der Waals surface area contributed by atoms with E-state index < -0.39 is 10.0 Å². The van der Waals surface area contributed by atoms with E-state index in [2.05, 4.69) is 23.2 Å². The summed E-state index contributed by atoms with van der Waals surface area (Å²) < 4.78 is 27.5. The van der Waals surface area contributed by atoms with Crippen molar-refractivity contribution < 1.29 is 13.3 Å². The SMILES string of the molecule is CN(c1ccc(S(=O)(=O)N2CCC(=NOCc3cccc(C#N)c3)CC2)cc1)C1CC1. The van der Waals surface area contributed by atoms with Crippen molar-refractivity contribution >= 4 is 21.4 Å². The van der Waals surface area contributed by atoms with E-state index in [1.165, 1.54) is 17.1 Å². The largest absolute Gasteiger partial charge is 0.391 e. The van der Waals surface area contributed by atoms with E-state index in [1.54, 1.807) is 24.3 Å². The molecule has 1 aliphatic carbocycles. The van der Waals surface area contributed by atoms with Gasteiger partial charge < -0.3 is 9.74 Å². The maximum Gasteiger partial charge on any atom is 0.243 e. The number of hydrogen-bond donors (Lipinski definition) is 0. The number of hydrogen-bond acceptors (Lipinski definition) is 6. The van der Waals surface area contributed by atoms with Crippen LogP contribution in [0, 0.1) is 11.3 Å². The van der Waals surface area contributed by atoms with Crippen molar-refractivity contribution in [3.05, 3.63) is 59.7 Å². The molecule has 0 bridgehead atoms. The van der Waals surface area contributed by atoms with E-state index in [4.69, 9.17) is 10.1 Å². The number of sulfonamides is 1. The number of rotatable bonds is 7. The Balaban J connectivity index is 1.32. The van der Waals surface area contributed by atoms with Crippen LogP contribution in [0.15, 0.2) is 58.6 Å². The van der Waals surface area contributed by atoms with Gasteiger partial charge in [0.25, 0.3) is 0 Å². The zero-order valence-corrected chi connectivity index (χ0v) is 18.4. The number of nitriles is 1. The normalized spacial score (nSPS) is 17.1. The monoisotopic (exact) mass is 438 g/mol. The van der Waals surface area contributed by atoms with E-state index in [0.717, 1.165) is 17.0 Å². The lowest BCUT2D eigenvalue weighted by Crippen LogP contribution is -2.38. The molecule has 1 saturated heterocycles. The maximum atomic E-state index is 13.0. The lowest BCUT2D eigenvalue weighted by atomic mass is 10.1. The molecule has 0 aromatic heterocycles. The van der Waals surface area contributed by atoms with Gasteiger partial charge in [-0.05, 0) is 54.8 Å². The molecule has 0 radical (unpaired) electrons. The van der Waals surface area contributed by atoms with Crippen LogP contribution in [-0.2, 0) is 21.5 Å². The predicted octanol–water partition coefficient (Wildman–Crippen LogP) is 3.51. The molecule has 2 fully saturated rings. The van der Waals surface area contributed by atoms with Gasteiger partial charge in [-0.1, -0.05) is 17.3 Å². The quantitative estimate of drug-likeness (QED) is 0.618. The molecule has 2 aromatic rings. The second kappa shape index (κ2) is 9.08. The summed E-state index contributed by atoms with van der Waals surface area (Å²) in [5.74, 6) is 0. The lowest BCUT2D eigenvalue weighted by Gasteiger charge is -2.27. The second-order valence-corrected chi connectivity index (χ2v) is 9.92. The Morgan fingerprint density at radius 1 is 1.16 bits per heavy atom. The number of benzene rings is 2. The van der Waals surface area contributed by atoms with Gasteiger partial charge in [0, 0.05) is 44.7 Å². The average Bonchev–Trinajstić information content (AvgIpc) is 3.65. The Labute approximate surface area is 183 Å². The van der Waals surface area contributed by atoms with Gasteiger partial charge in [-0.25, -0.2) is 8.42 Å². The Morgan fingerprint density at radius 2 is 1.87 bits per heavy atom. The summed E-state index contributed by atoms with van der Waals surface area (Å²) in [6, 6.07) is 17.1. The summed E-state index contributed by atoms with van der Waals surface area (Å²) in [5.41, 5.74) is 3.36. The smallest absolute Gasteiger partial charge is 0.243 e. The van der Waals surface area contributed by atoms with Gasteiger partial charge >= 0.3 is 0 Å². The fourth-order valence-corrected chi connectivity index (χ4v) is 5.12. The molecule has 0 unspecified atom stereocenters. The Hall–Kier alpha value is -2.89. The van der Waals surface area contributed by atoms with Gasteiger partial charge in [0.1, 0.15) is 6.61 Å². The molecule has 0 N–H and O–H groups in total. The molecule has 0 atom stereocenters. The number of anilines is 1. The van der Waals surface area contributed by atoms with Gasteiger partial charge in [-0.2, -0.15) is 9.57 Å². The fraction of sp³-hybridized carbons (Fsp3) is 0.391. The van der Waals surface area contributed by atoms with Crippen LogP contribution in [0.1, 0.15) is 36.8 Å². The lowest BCUT2D eigenvalue weighted by molar-refractivity contribution is 0.128. The molecule has 162 valence electrons. The molecule has 2 aliphatic rings. The first-order chi connectivity index (χ1) is 15.0. The first-order valence-electron chi connectivity index (χ1n) is 10.5. The third kappa shape index (κ3) is 5.06. The molecule has 1 aliphatic heterocycles. The average molecular weight is 439 g/mol. The third-order valence-electron chi connectivity index (χ3n) is 5.76. The Morgan fingerprint density at radius 3 is 2.52 bits per heavy atom. The van der Waals surface area contributed by atoms with Crippen LogP contribution in [0.2, 0.25) is 0 Å². The molecular formula is C23H26N4O3S. The molecule has 4 rings (SSSR count). The molecule has 8 heteroatoms. The van der Waals surface area contributed by atoms with E-state index >= 15 is 0 Å². The van der Waals surface area contributed by atoms with Crippen LogP contribution in [0.5, 0.6) is 0 Å². The third-order valence-corrected chi connectivity index (χ3v) is 7.67. The highest BCUT2D eigenvalue weighted by molar-refractivity contribution is 7.89. The summed E-state index contributed by atoms with van der Waals surface area (Å²) in [5, 5.41) is 13.1. The fourth-order valence-electron chi connectivity index (χ4n) is 3.68. The van der Waals surface area contributed by atoms with E-state index in [-0.39, 0.29) is 6.61 Å². The van der Waals surface area contributed by atoms with Crippen molar-refractivity contribution in [1.29, 1.82) is 5.26 Å². The Kier molecular flexibility index (Phi) is 6.25. The maximum absolute atomic E-state index is 13.0. The van der Waals surface area contributed by atoms with Crippen LogP contribution in [-0.4, -0.2) is 44.6 Å². The van der Waals surface area contributed by atoms with Crippen LogP contribution >= 0.6 is 0 Å². The zero-order chi connectivity index (χ0) is 21.8. The predicted molar refractivity (Wildman–Crippen MR) is 119 cm³/mol. The van der Waals surface area contributed by atoms with E-state index in [0.29, 0.717) is 42.4 Å². The minimum atomic E-state index is -3.52. The molecule has 0 spiro atoms. The summed E-state index contributed by atoms with van der Waals surface area (Å²) in [6.45, 7) is 1.05. The zero-order valence-electron chi connectivity index (χ0n) is 17.6. The highest BCUT2D eigenvalue weighted by Crippen LogP contribution is 2.31. The number of piperidine rings is 1. The summed E-state index contributed by atoms with van der Waals surface area (Å²) in [4.78, 5) is 7.96. The first-order valence-corrected chi connectivity index (χ1v) is 11.9. The molecule has 7 nitrogen and oxygen atoms in total. The minimum absolute atomic E-state index is 0.280. The molecule has 1 heterocycles. The van der Waals surface area contributed by atoms with Crippen molar-refractivity contribution in [1.82, 2.24) is 4.31 Å². The van der Waals surface area contributed by atoms with Crippen molar-refractivity contribution in [2.24, 2.45) is 5.16 Å². The van der Waals surface area contributed by atoms with Crippen LogP contribution in [0.25, 0.3) is 0 Å². The van der Waals surface area contributed by atoms with Crippen LogP contribution in [0.3, 0.4) is 0 Å². The molecule has 2 aromatic carbocycles. The Bertz CT molecular complexity index is 1090. The van der Waals surface area contributed by atoms with Gasteiger partial charge in [0.05, 0.1) is 22.2 Å². The molecule has 0 amide bonds. The highest BCUT2D eigenvalue weighted by Gasteiger charge is 2.29. The molecular weight excluding hydrogens is 412 g/mol. The second-order valence-electron chi connectivity index (χ2n) is 7.98. The van der Waals surface area contributed by atoms with Crippen molar-refractivity contribution in [3.63, 3.8) is 0 Å². The van der Waals surface area contributed by atoms with Gasteiger partial charge in [0.15, 0.2) is 0 Å². The summed E-state index contributed by atoms with van der Waals surface area (Å²) in [7, 11) is -1.46. The van der Waals surface area contributed by atoms with Crippen LogP contribution < -0.4 is 4.90 Å². The van der Waals surface area contributed by atoms with Crippen molar-refractivity contribution in [3.8, 4) is 6.07 Å². The molecule has 31 heavy (non-hydrogen) atoms. The first kappa shape index (κ1) is 21.3. The van der Waals surface area contributed by atoms with Crippen molar-refractivity contribution in [2.75, 3.05) is 25.0 Å². The van der Waals surface area contributed by atoms with Crippen molar-refractivity contribution in [2.45, 2.75) is 43.2 Å². The van der Waals surface area contributed by atoms with Crippen LogP contribution in [0.4, 0.5) is 5.69 Å². The van der Waals surface area contributed by atoms with Gasteiger partial charge in [0.2, 0.25) is 10.0 Å². The number of oxime groups is 1. The minimum Gasteiger partial charge on any atom is -0.391 e. The van der Waals surface area contributed by atoms with E-state index in [9.17, 15) is 8.42 Å². The topological polar surface area (TPSA) is 86.0 Å². The molecule has 1 saturated carbocycles. The highest BCUT2D eigenvalue weighted by atomic mass is 32.2.